The van der Waals surface area contributed by atoms with E-state index in [2.05, 4.69) is 10.1 Å². The molecule has 1 fully saturated rings. The van der Waals surface area contributed by atoms with Gasteiger partial charge in [-0.25, -0.2) is 0 Å². The van der Waals surface area contributed by atoms with Gasteiger partial charge in [0.05, 0.1) is 19.1 Å². The molecule has 15 heavy (non-hydrogen) atoms. The lowest BCUT2D eigenvalue weighted by molar-refractivity contribution is -0.144. The average Bonchev–Trinajstić information content (AvgIpc) is 2.19. The number of methoxy groups -OCH3 is 1. The second kappa shape index (κ2) is 4.61. The molecule has 1 amide bonds. The number of rotatable bonds is 3. The number of nitrogens with zero attached hydrogens (tertiary/aromatic N) is 1. The maximum Gasteiger partial charge on any atom is 0.307 e. The van der Waals surface area contributed by atoms with Crippen molar-refractivity contribution in [3.63, 3.8) is 0 Å². The largest absolute Gasteiger partial charge is 0.469 e. The van der Waals surface area contributed by atoms with Crippen molar-refractivity contribution >= 4 is 11.9 Å². The topological polar surface area (TPSA) is 58.6 Å². The number of hydrogen-bond acceptors (Lipinski definition) is 4. The number of carbonyl (C=O) groups is 2. The van der Waals surface area contributed by atoms with E-state index in [0.717, 1.165) is 6.54 Å². The Hall–Kier alpha value is -1.10. The molecule has 0 aromatic carbocycles. The molecule has 1 saturated heterocycles. The van der Waals surface area contributed by atoms with E-state index in [0.29, 0.717) is 13.1 Å². The molecule has 0 spiro atoms. The number of hydrogen-bond donors (Lipinski definition) is 1. The van der Waals surface area contributed by atoms with Crippen molar-refractivity contribution in [1.29, 1.82) is 0 Å². The summed E-state index contributed by atoms with van der Waals surface area (Å²) in [7, 11) is 1.35. The van der Waals surface area contributed by atoms with Crippen molar-refractivity contribution in [2.45, 2.75) is 25.8 Å². The normalized spacial score (nSPS) is 20.2. The zero-order chi connectivity index (χ0) is 11.5. The van der Waals surface area contributed by atoms with Gasteiger partial charge in [-0.3, -0.25) is 9.59 Å². The highest BCUT2D eigenvalue weighted by Gasteiger charge is 2.34. The number of carbonyl (C=O) groups excluding carboxylic acids is 2. The van der Waals surface area contributed by atoms with E-state index in [1.165, 1.54) is 7.11 Å². The number of ether oxygens (including phenoxy) is 1. The summed E-state index contributed by atoms with van der Waals surface area (Å²) in [5.74, 6) is -0.239. The molecule has 5 heteroatoms. The van der Waals surface area contributed by atoms with Crippen LogP contribution in [0.2, 0.25) is 0 Å². The van der Waals surface area contributed by atoms with Crippen LogP contribution >= 0.6 is 0 Å². The first-order chi connectivity index (χ1) is 6.97. The van der Waals surface area contributed by atoms with Gasteiger partial charge in [-0.15, -0.1) is 0 Å². The van der Waals surface area contributed by atoms with Crippen LogP contribution in [0.25, 0.3) is 0 Å². The van der Waals surface area contributed by atoms with Crippen molar-refractivity contribution in [2.24, 2.45) is 0 Å². The van der Waals surface area contributed by atoms with Crippen LogP contribution in [0.4, 0.5) is 0 Å². The van der Waals surface area contributed by atoms with Gasteiger partial charge in [0.25, 0.3) is 0 Å². The van der Waals surface area contributed by atoms with Gasteiger partial charge in [0, 0.05) is 19.6 Å². The van der Waals surface area contributed by atoms with E-state index in [9.17, 15) is 9.59 Å². The van der Waals surface area contributed by atoms with Crippen LogP contribution in [0, 0.1) is 0 Å². The first-order valence-corrected chi connectivity index (χ1v) is 5.08. The first kappa shape index (κ1) is 12.0. The predicted octanol–water partition coefficient (Wildman–Crippen LogP) is -0.240. The quantitative estimate of drug-likeness (QED) is 0.659. The fourth-order valence-corrected chi connectivity index (χ4v) is 1.62. The highest BCUT2D eigenvalue weighted by molar-refractivity contribution is 5.86. The maximum atomic E-state index is 11.9. The van der Waals surface area contributed by atoms with Gasteiger partial charge < -0.3 is 15.0 Å². The van der Waals surface area contributed by atoms with E-state index < -0.39 is 5.54 Å². The second-order valence-corrected chi connectivity index (χ2v) is 4.17. The third kappa shape index (κ3) is 2.92. The molecule has 0 aliphatic carbocycles. The molecule has 0 bridgehead atoms. The van der Waals surface area contributed by atoms with E-state index in [4.69, 9.17) is 0 Å². The molecular formula is C10H18N2O3. The Morgan fingerprint density at radius 2 is 2.27 bits per heavy atom. The van der Waals surface area contributed by atoms with E-state index in [-0.39, 0.29) is 18.3 Å². The first-order valence-electron chi connectivity index (χ1n) is 5.08. The average molecular weight is 214 g/mol. The van der Waals surface area contributed by atoms with Gasteiger partial charge in [-0.1, -0.05) is 0 Å². The van der Waals surface area contributed by atoms with Crippen molar-refractivity contribution in [2.75, 3.05) is 26.7 Å². The molecule has 1 aliphatic rings. The number of amides is 1. The number of piperazine rings is 1. The molecule has 1 aliphatic heterocycles. The number of nitrogens with one attached hydrogen (secondary N) is 1. The summed E-state index contributed by atoms with van der Waals surface area (Å²) in [5, 5.41) is 3.13. The summed E-state index contributed by atoms with van der Waals surface area (Å²) >= 11 is 0. The molecule has 1 rings (SSSR count). The minimum atomic E-state index is -0.519. The molecule has 1 N–H and O–H groups in total. The molecular weight excluding hydrogens is 196 g/mol. The molecule has 0 atom stereocenters. The lowest BCUT2D eigenvalue weighted by Crippen LogP contribution is -2.61. The molecule has 0 unspecified atom stereocenters. The molecule has 1 heterocycles. The van der Waals surface area contributed by atoms with Gasteiger partial charge in [0.2, 0.25) is 5.91 Å². The summed E-state index contributed by atoms with van der Waals surface area (Å²) in [6.45, 7) is 5.55. The molecule has 0 aromatic heterocycles. The summed E-state index contributed by atoms with van der Waals surface area (Å²) in [4.78, 5) is 24.5. The number of esters is 1. The SMILES string of the molecule is COC(=O)CCN1CCNC(C)(C)C1=O. The van der Waals surface area contributed by atoms with Crippen LogP contribution in [0.15, 0.2) is 0 Å². The van der Waals surface area contributed by atoms with Crippen molar-refractivity contribution in [3.8, 4) is 0 Å². The Kier molecular flexibility index (Phi) is 3.68. The van der Waals surface area contributed by atoms with Gasteiger partial charge >= 0.3 is 5.97 Å². The van der Waals surface area contributed by atoms with Gasteiger partial charge in [-0.2, -0.15) is 0 Å². The van der Waals surface area contributed by atoms with Crippen LogP contribution in [-0.2, 0) is 14.3 Å². The van der Waals surface area contributed by atoms with Crippen LogP contribution in [-0.4, -0.2) is 49.1 Å². The van der Waals surface area contributed by atoms with Gasteiger partial charge in [0.15, 0.2) is 0 Å². The van der Waals surface area contributed by atoms with E-state index in [1.807, 2.05) is 13.8 Å². The smallest absolute Gasteiger partial charge is 0.307 e. The fourth-order valence-electron chi connectivity index (χ4n) is 1.62. The Morgan fingerprint density at radius 1 is 1.60 bits per heavy atom. The maximum absolute atomic E-state index is 11.9. The lowest BCUT2D eigenvalue weighted by Gasteiger charge is -2.37. The van der Waals surface area contributed by atoms with Crippen LogP contribution in [0.1, 0.15) is 20.3 Å². The summed E-state index contributed by atoms with van der Waals surface area (Å²) in [6, 6.07) is 0. The Morgan fingerprint density at radius 3 is 2.87 bits per heavy atom. The van der Waals surface area contributed by atoms with Crippen molar-refractivity contribution in [1.82, 2.24) is 10.2 Å². The van der Waals surface area contributed by atoms with Crippen LogP contribution in [0.3, 0.4) is 0 Å². The summed E-state index contributed by atoms with van der Waals surface area (Å²) < 4.78 is 4.54. The van der Waals surface area contributed by atoms with Gasteiger partial charge in [0.1, 0.15) is 0 Å². The van der Waals surface area contributed by atoms with Gasteiger partial charge in [-0.05, 0) is 13.8 Å². The van der Waals surface area contributed by atoms with Crippen LogP contribution in [0.5, 0.6) is 0 Å². The third-order valence-corrected chi connectivity index (χ3v) is 2.58. The zero-order valence-corrected chi connectivity index (χ0v) is 9.50. The second-order valence-electron chi connectivity index (χ2n) is 4.17. The lowest BCUT2D eigenvalue weighted by atomic mass is 10.0. The predicted molar refractivity (Wildman–Crippen MR) is 55.3 cm³/mol. The summed E-state index contributed by atoms with van der Waals surface area (Å²) in [5.41, 5.74) is -0.519. The van der Waals surface area contributed by atoms with Crippen molar-refractivity contribution < 1.29 is 14.3 Å². The molecule has 0 radical (unpaired) electrons. The standard InChI is InChI=1S/C10H18N2O3/c1-10(2)9(14)12(7-5-11-10)6-4-8(13)15-3/h11H,4-7H2,1-3H3. The monoisotopic (exact) mass is 214 g/mol. The fraction of sp³-hybridized carbons (Fsp3) is 0.800. The van der Waals surface area contributed by atoms with E-state index in [1.54, 1.807) is 4.90 Å². The molecule has 86 valence electrons. The Labute approximate surface area is 89.8 Å². The highest BCUT2D eigenvalue weighted by Crippen LogP contribution is 2.12. The van der Waals surface area contributed by atoms with Crippen LogP contribution < -0.4 is 5.32 Å². The molecule has 5 nitrogen and oxygen atoms in total. The highest BCUT2D eigenvalue weighted by atomic mass is 16.5. The molecule has 0 saturated carbocycles. The zero-order valence-electron chi connectivity index (χ0n) is 9.50. The van der Waals surface area contributed by atoms with Crippen molar-refractivity contribution in [3.05, 3.63) is 0 Å². The summed E-state index contributed by atoms with van der Waals surface area (Å²) in [6.07, 6.45) is 0.262. The minimum Gasteiger partial charge on any atom is -0.469 e. The molecule has 0 aromatic rings. The third-order valence-electron chi connectivity index (χ3n) is 2.58. The Balaban J connectivity index is 2.48. The Bertz CT molecular complexity index is 263. The van der Waals surface area contributed by atoms with E-state index >= 15 is 0 Å². The minimum absolute atomic E-state index is 0.0395.